The number of ketones is 1. The molecule has 1 heteroatoms. The Kier molecular flexibility index (Phi) is 12.5. The molecule has 0 aromatic heterocycles. The van der Waals surface area contributed by atoms with Crippen molar-refractivity contribution in [3.05, 3.63) is 12.2 Å². The van der Waals surface area contributed by atoms with Crippen molar-refractivity contribution in [2.45, 2.75) is 27.7 Å². The molecule has 0 rings (SSSR count). The monoisotopic (exact) mass is 114 g/mol. The largest absolute Gasteiger partial charge is 0.295 e. The Morgan fingerprint density at radius 1 is 1.38 bits per heavy atom. The second-order valence-electron chi connectivity index (χ2n) is 1.11. The highest BCUT2D eigenvalue weighted by Crippen LogP contribution is 1.69. The molecule has 0 fully saturated rings. The van der Waals surface area contributed by atoms with E-state index in [1.807, 2.05) is 20.8 Å². The van der Waals surface area contributed by atoms with Crippen LogP contribution in [-0.4, -0.2) is 5.78 Å². The molecule has 0 N–H and O–H groups in total. The Morgan fingerprint density at radius 2 is 1.75 bits per heavy atom. The van der Waals surface area contributed by atoms with E-state index in [9.17, 15) is 4.79 Å². The van der Waals surface area contributed by atoms with Crippen molar-refractivity contribution in [2.75, 3.05) is 0 Å². The van der Waals surface area contributed by atoms with Gasteiger partial charge in [0.25, 0.3) is 0 Å². The first-order valence-corrected chi connectivity index (χ1v) is 2.90. The van der Waals surface area contributed by atoms with Crippen LogP contribution >= 0.6 is 0 Å². The molecule has 0 aromatic rings. The molecule has 0 amide bonds. The zero-order valence-corrected chi connectivity index (χ0v) is 6.06. The van der Waals surface area contributed by atoms with E-state index in [-0.39, 0.29) is 5.78 Å². The SMILES string of the molecule is C/C=C/C(C)=O.CC. The zero-order chi connectivity index (χ0) is 6.99. The summed E-state index contributed by atoms with van der Waals surface area (Å²) in [5.74, 6) is 0.109. The normalized spacial score (nSPS) is 8.00. The van der Waals surface area contributed by atoms with Gasteiger partial charge in [0.15, 0.2) is 5.78 Å². The van der Waals surface area contributed by atoms with Crippen LogP contribution in [0.15, 0.2) is 12.2 Å². The topological polar surface area (TPSA) is 17.1 Å². The molecule has 0 spiro atoms. The molecule has 0 atom stereocenters. The van der Waals surface area contributed by atoms with Crippen LogP contribution in [0.3, 0.4) is 0 Å². The summed E-state index contributed by atoms with van der Waals surface area (Å²) in [6, 6.07) is 0. The lowest BCUT2D eigenvalue weighted by molar-refractivity contribution is -0.112. The van der Waals surface area contributed by atoms with Gasteiger partial charge >= 0.3 is 0 Å². The van der Waals surface area contributed by atoms with E-state index in [0.29, 0.717) is 0 Å². The van der Waals surface area contributed by atoms with Crippen LogP contribution < -0.4 is 0 Å². The minimum Gasteiger partial charge on any atom is -0.295 e. The second-order valence-corrected chi connectivity index (χ2v) is 1.11. The summed E-state index contributed by atoms with van der Waals surface area (Å²) < 4.78 is 0. The van der Waals surface area contributed by atoms with E-state index in [0.717, 1.165) is 0 Å². The second kappa shape index (κ2) is 9.65. The molecule has 0 bridgehead atoms. The maximum atomic E-state index is 9.96. The smallest absolute Gasteiger partial charge is 0.152 e. The van der Waals surface area contributed by atoms with Gasteiger partial charge in [-0.15, -0.1) is 0 Å². The third-order valence-electron chi connectivity index (χ3n) is 0.401. The minimum absolute atomic E-state index is 0.109. The summed E-state index contributed by atoms with van der Waals surface area (Å²) >= 11 is 0. The Morgan fingerprint density at radius 3 is 1.75 bits per heavy atom. The summed E-state index contributed by atoms with van der Waals surface area (Å²) in [4.78, 5) is 9.96. The van der Waals surface area contributed by atoms with Crippen LogP contribution in [0.1, 0.15) is 27.7 Å². The molecule has 0 radical (unpaired) electrons. The number of rotatable bonds is 1. The Bertz CT molecular complexity index is 72.5. The van der Waals surface area contributed by atoms with E-state index in [4.69, 9.17) is 0 Å². The highest BCUT2D eigenvalue weighted by atomic mass is 16.1. The zero-order valence-electron chi connectivity index (χ0n) is 6.06. The van der Waals surface area contributed by atoms with E-state index in [2.05, 4.69) is 0 Å². The molecule has 48 valence electrons. The summed E-state index contributed by atoms with van der Waals surface area (Å²) in [5, 5.41) is 0. The molecule has 1 nitrogen and oxygen atoms in total. The lowest BCUT2D eigenvalue weighted by Crippen LogP contribution is -1.76. The number of carbonyl (C=O) groups excluding carboxylic acids is 1. The fourth-order valence-electron chi connectivity index (χ4n) is 0.235. The maximum Gasteiger partial charge on any atom is 0.152 e. The standard InChI is InChI=1S/C5H8O.C2H6/c1-3-4-5(2)6;1-2/h3-4H,1-2H3;1-2H3/b4-3+;. The molecule has 0 aliphatic heterocycles. The average Bonchev–Trinajstić information content (AvgIpc) is 1.72. The van der Waals surface area contributed by atoms with Crippen LogP contribution in [0, 0.1) is 0 Å². The first-order chi connectivity index (χ1) is 3.77. The fraction of sp³-hybridized carbons (Fsp3) is 0.571. The van der Waals surface area contributed by atoms with Crippen molar-refractivity contribution in [3.63, 3.8) is 0 Å². The van der Waals surface area contributed by atoms with Gasteiger partial charge in [-0.2, -0.15) is 0 Å². The highest BCUT2D eigenvalue weighted by molar-refractivity contribution is 5.87. The van der Waals surface area contributed by atoms with Gasteiger partial charge in [0.1, 0.15) is 0 Å². The van der Waals surface area contributed by atoms with Crippen LogP contribution in [0.2, 0.25) is 0 Å². The Balaban J connectivity index is 0. The number of hydrogen-bond donors (Lipinski definition) is 0. The summed E-state index contributed by atoms with van der Waals surface area (Å²) in [5.41, 5.74) is 0. The van der Waals surface area contributed by atoms with Gasteiger partial charge in [-0.1, -0.05) is 19.9 Å². The van der Waals surface area contributed by atoms with Crippen molar-refractivity contribution in [2.24, 2.45) is 0 Å². The van der Waals surface area contributed by atoms with Gasteiger partial charge in [-0.25, -0.2) is 0 Å². The molecule has 0 unspecified atom stereocenters. The Labute approximate surface area is 51.4 Å². The predicted octanol–water partition coefficient (Wildman–Crippen LogP) is 2.18. The fourth-order valence-corrected chi connectivity index (χ4v) is 0.235. The first kappa shape index (κ1) is 10.4. The van der Waals surface area contributed by atoms with Crippen molar-refractivity contribution >= 4 is 5.78 Å². The minimum atomic E-state index is 0.109. The van der Waals surface area contributed by atoms with Crippen molar-refractivity contribution in [3.8, 4) is 0 Å². The van der Waals surface area contributed by atoms with E-state index in [1.165, 1.54) is 13.0 Å². The molecular formula is C7H14O. The maximum absolute atomic E-state index is 9.96. The molecule has 0 aliphatic carbocycles. The third kappa shape index (κ3) is 18.1. The van der Waals surface area contributed by atoms with Crippen LogP contribution in [-0.2, 0) is 4.79 Å². The molecule has 0 saturated carbocycles. The van der Waals surface area contributed by atoms with Gasteiger partial charge in [0.2, 0.25) is 0 Å². The van der Waals surface area contributed by atoms with Gasteiger partial charge in [-0.05, 0) is 19.9 Å². The van der Waals surface area contributed by atoms with Crippen LogP contribution in [0.4, 0.5) is 0 Å². The molecule has 8 heavy (non-hydrogen) atoms. The van der Waals surface area contributed by atoms with Crippen LogP contribution in [0.5, 0.6) is 0 Å². The van der Waals surface area contributed by atoms with Gasteiger partial charge in [0, 0.05) is 0 Å². The van der Waals surface area contributed by atoms with Crippen molar-refractivity contribution in [1.82, 2.24) is 0 Å². The number of allylic oxidation sites excluding steroid dienone is 2. The molecule has 0 aliphatic rings. The average molecular weight is 114 g/mol. The van der Waals surface area contributed by atoms with E-state index >= 15 is 0 Å². The van der Waals surface area contributed by atoms with Crippen molar-refractivity contribution in [1.29, 1.82) is 0 Å². The predicted molar refractivity (Wildman–Crippen MR) is 36.8 cm³/mol. The summed E-state index contributed by atoms with van der Waals surface area (Å²) in [6.45, 7) is 7.35. The summed E-state index contributed by atoms with van der Waals surface area (Å²) in [6.07, 6.45) is 3.25. The molecular weight excluding hydrogens is 100 g/mol. The first-order valence-electron chi connectivity index (χ1n) is 2.90. The third-order valence-corrected chi connectivity index (χ3v) is 0.401. The van der Waals surface area contributed by atoms with Gasteiger partial charge < -0.3 is 0 Å². The number of carbonyl (C=O) groups is 1. The highest BCUT2D eigenvalue weighted by Gasteiger charge is 1.73. The van der Waals surface area contributed by atoms with Crippen LogP contribution in [0.25, 0.3) is 0 Å². The van der Waals surface area contributed by atoms with E-state index < -0.39 is 0 Å². The Hall–Kier alpha value is -0.590. The molecule has 0 heterocycles. The van der Waals surface area contributed by atoms with Gasteiger partial charge in [-0.3, -0.25) is 4.79 Å². The van der Waals surface area contributed by atoms with Crippen molar-refractivity contribution < 1.29 is 4.79 Å². The van der Waals surface area contributed by atoms with E-state index in [1.54, 1.807) is 6.08 Å². The number of hydrogen-bond acceptors (Lipinski definition) is 1. The molecule has 0 aromatic carbocycles. The summed E-state index contributed by atoms with van der Waals surface area (Å²) in [7, 11) is 0. The molecule has 0 saturated heterocycles. The van der Waals surface area contributed by atoms with Gasteiger partial charge in [0.05, 0.1) is 0 Å². The lowest BCUT2D eigenvalue weighted by Gasteiger charge is -1.68. The quantitative estimate of drug-likeness (QED) is 0.477. The lowest BCUT2D eigenvalue weighted by atomic mass is 10.4.